The first kappa shape index (κ1) is 15.9. The molecule has 0 fully saturated rings. The summed E-state index contributed by atoms with van der Waals surface area (Å²) in [5.41, 5.74) is 5.48. The molecule has 0 saturated carbocycles. The molecule has 0 N–H and O–H groups in total. The van der Waals surface area contributed by atoms with Crippen LogP contribution in [0.3, 0.4) is 0 Å². The van der Waals surface area contributed by atoms with Gasteiger partial charge in [-0.05, 0) is 0 Å². The summed E-state index contributed by atoms with van der Waals surface area (Å²) in [5.74, 6) is 0. The molecule has 1 aliphatic rings. The Hall–Kier alpha value is -0.0104. The standard InChI is InChI=1S/C17H19Br2NTe/c1-4-12-6-8-14-16(10-12)21(18,19)17-11-13(5-2)7-9-15(17)20(14)3/h6-11H,4-5H2,1-3H3. The van der Waals surface area contributed by atoms with Gasteiger partial charge in [-0.25, -0.2) is 0 Å². The molecule has 3 rings (SSSR count). The van der Waals surface area contributed by atoms with Crippen molar-refractivity contribution in [2.24, 2.45) is 0 Å². The Balaban J connectivity index is 2.25. The normalized spacial score (nSPS) is 17.1. The second kappa shape index (κ2) is 5.89. The third-order valence-corrected chi connectivity index (χ3v) is 18.5. The van der Waals surface area contributed by atoms with Crippen molar-refractivity contribution >= 4 is 57.9 Å². The second-order valence-corrected chi connectivity index (χ2v) is 29.4. The van der Waals surface area contributed by atoms with E-state index in [1.165, 1.54) is 29.7 Å². The van der Waals surface area contributed by atoms with E-state index in [0.717, 1.165) is 12.8 Å². The summed E-state index contributed by atoms with van der Waals surface area (Å²) in [7, 11) is 2.17. The maximum atomic E-state index is 4.12. The van der Waals surface area contributed by atoms with Crippen LogP contribution in [0.15, 0.2) is 36.4 Å². The van der Waals surface area contributed by atoms with Crippen molar-refractivity contribution in [1.29, 1.82) is 0 Å². The first-order valence-corrected chi connectivity index (χ1v) is 20.0. The maximum absolute atomic E-state index is 4.12. The summed E-state index contributed by atoms with van der Waals surface area (Å²) in [5, 5.41) is 0. The van der Waals surface area contributed by atoms with Crippen molar-refractivity contribution in [2.45, 2.75) is 26.7 Å². The molecule has 2 aromatic carbocycles. The Morgan fingerprint density at radius 3 is 1.67 bits per heavy atom. The molecule has 1 heterocycles. The summed E-state index contributed by atoms with van der Waals surface area (Å²) in [4.78, 5) is 2.33. The van der Waals surface area contributed by atoms with E-state index in [2.05, 4.69) is 87.7 Å². The molecule has 0 aromatic heterocycles. The van der Waals surface area contributed by atoms with Crippen LogP contribution in [0.2, 0.25) is 0 Å². The van der Waals surface area contributed by atoms with Gasteiger partial charge in [0.2, 0.25) is 0 Å². The van der Waals surface area contributed by atoms with E-state index in [0.29, 0.717) is 0 Å². The molecule has 0 spiro atoms. The molecule has 0 bridgehead atoms. The van der Waals surface area contributed by atoms with Crippen molar-refractivity contribution in [3.05, 3.63) is 47.5 Å². The van der Waals surface area contributed by atoms with Gasteiger partial charge in [0.15, 0.2) is 0 Å². The van der Waals surface area contributed by atoms with Gasteiger partial charge in [0, 0.05) is 0 Å². The van der Waals surface area contributed by atoms with E-state index in [9.17, 15) is 0 Å². The molecular weight excluding hydrogens is 506 g/mol. The van der Waals surface area contributed by atoms with E-state index in [1.807, 2.05) is 0 Å². The van der Waals surface area contributed by atoms with Crippen LogP contribution in [0, 0.1) is 0 Å². The van der Waals surface area contributed by atoms with Crippen molar-refractivity contribution < 1.29 is 0 Å². The fourth-order valence-electron chi connectivity index (χ4n) is 2.77. The van der Waals surface area contributed by atoms with Crippen LogP contribution >= 0.6 is 25.5 Å². The Morgan fingerprint density at radius 2 is 1.29 bits per heavy atom. The van der Waals surface area contributed by atoms with Gasteiger partial charge in [-0.15, -0.1) is 0 Å². The number of benzene rings is 2. The Kier molecular flexibility index (Phi) is 4.45. The first-order valence-electron chi connectivity index (χ1n) is 7.21. The zero-order chi connectivity index (χ0) is 15.2. The Morgan fingerprint density at radius 1 is 0.857 bits per heavy atom. The van der Waals surface area contributed by atoms with Crippen molar-refractivity contribution in [2.75, 3.05) is 11.9 Å². The molecule has 0 amide bonds. The van der Waals surface area contributed by atoms with Crippen LogP contribution in [0.4, 0.5) is 11.4 Å². The van der Waals surface area contributed by atoms with Gasteiger partial charge in [0.05, 0.1) is 0 Å². The van der Waals surface area contributed by atoms with Gasteiger partial charge >= 0.3 is 144 Å². The SMILES string of the molecule is CCc1ccc2c(c1)[Te](Br)(Br)c1cc(CC)ccc1N2C. The van der Waals surface area contributed by atoms with E-state index >= 15 is 0 Å². The van der Waals surface area contributed by atoms with Crippen molar-refractivity contribution in [3.8, 4) is 0 Å². The number of rotatable bonds is 2. The van der Waals surface area contributed by atoms with E-state index in [1.54, 1.807) is 0 Å². The first-order chi connectivity index (χ1) is 9.98. The summed E-state index contributed by atoms with van der Waals surface area (Å²) < 4.78 is 2.95. The second-order valence-electron chi connectivity index (χ2n) is 5.34. The van der Waals surface area contributed by atoms with Crippen LogP contribution in [-0.2, 0) is 12.8 Å². The molecule has 0 aliphatic carbocycles. The molecule has 21 heavy (non-hydrogen) atoms. The van der Waals surface area contributed by atoms with Gasteiger partial charge < -0.3 is 0 Å². The Labute approximate surface area is 143 Å². The topological polar surface area (TPSA) is 3.24 Å². The molecular formula is C17H19Br2NTe. The van der Waals surface area contributed by atoms with Crippen molar-refractivity contribution in [1.82, 2.24) is 0 Å². The Bertz CT molecular complexity index is 640. The molecule has 1 aliphatic heterocycles. The van der Waals surface area contributed by atoms with Gasteiger partial charge in [0.1, 0.15) is 0 Å². The molecule has 0 atom stereocenters. The quantitative estimate of drug-likeness (QED) is 0.532. The average molecular weight is 525 g/mol. The number of fused-ring (bicyclic) bond motifs is 2. The molecule has 112 valence electrons. The summed E-state index contributed by atoms with van der Waals surface area (Å²) >= 11 is 5.65. The third-order valence-electron chi connectivity index (χ3n) is 4.14. The molecule has 2 aromatic rings. The van der Waals surface area contributed by atoms with E-state index in [4.69, 9.17) is 0 Å². The fourth-order valence-corrected chi connectivity index (χ4v) is 14.8. The number of halogens is 2. The molecule has 0 saturated heterocycles. The monoisotopic (exact) mass is 525 g/mol. The fraction of sp³-hybridized carbons (Fsp3) is 0.294. The molecule has 0 radical (unpaired) electrons. The minimum atomic E-state index is -2.60. The predicted octanol–water partition coefficient (Wildman–Crippen LogP) is 4.24. The number of hydrogen-bond acceptors (Lipinski definition) is 1. The number of nitrogens with zero attached hydrogens (tertiary/aromatic N) is 1. The zero-order valence-corrected chi connectivity index (χ0v) is 18.0. The number of hydrogen-bond donors (Lipinski definition) is 0. The third kappa shape index (κ3) is 2.59. The van der Waals surface area contributed by atoms with Crippen LogP contribution in [0.5, 0.6) is 0 Å². The molecule has 1 nitrogen and oxygen atoms in total. The van der Waals surface area contributed by atoms with E-state index < -0.39 is 13.8 Å². The van der Waals surface area contributed by atoms with Crippen molar-refractivity contribution in [3.63, 3.8) is 0 Å². The summed E-state index contributed by atoms with van der Waals surface area (Å²) in [6.45, 7) is 4.43. The van der Waals surface area contributed by atoms with Crippen LogP contribution in [0.25, 0.3) is 0 Å². The zero-order valence-electron chi connectivity index (χ0n) is 12.5. The number of anilines is 2. The predicted molar refractivity (Wildman–Crippen MR) is 103 cm³/mol. The minimum absolute atomic E-state index is 1.08. The average Bonchev–Trinajstić information content (AvgIpc) is 2.52. The summed E-state index contributed by atoms with van der Waals surface area (Å²) in [6, 6.07) is 13.8. The summed E-state index contributed by atoms with van der Waals surface area (Å²) in [6.07, 6.45) is 2.16. The van der Waals surface area contributed by atoms with Gasteiger partial charge in [0.25, 0.3) is 0 Å². The van der Waals surface area contributed by atoms with Crippen LogP contribution in [0.1, 0.15) is 25.0 Å². The molecule has 0 unspecified atom stereocenters. The van der Waals surface area contributed by atoms with Crippen LogP contribution in [-0.4, -0.2) is 20.8 Å². The van der Waals surface area contributed by atoms with Gasteiger partial charge in [-0.3, -0.25) is 0 Å². The number of aryl methyl sites for hydroxylation is 2. The van der Waals surface area contributed by atoms with Gasteiger partial charge in [-0.2, -0.15) is 0 Å². The van der Waals surface area contributed by atoms with E-state index in [-0.39, 0.29) is 0 Å². The van der Waals surface area contributed by atoms with Crippen LogP contribution < -0.4 is 12.1 Å². The molecule has 4 heteroatoms. The van der Waals surface area contributed by atoms with Gasteiger partial charge in [-0.1, -0.05) is 0 Å².